The molecule has 5 heteroatoms. The maximum absolute atomic E-state index is 11.6. The molecular formula is C11H24NO4+. The summed E-state index contributed by atoms with van der Waals surface area (Å²) in [6.45, 7) is 6.44. The maximum Gasteiger partial charge on any atom is 0.362 e. The Morgan fingerprint density at radius 2 is 1.62 bits per heavy atom. The average Bonchev–Trinajstić information content (AvgIpc) is 1.99. The molecule has 0 amide bonds. The van der Waals surface area contributed by atoms with Crippen LogP contribution >= 0.6 is 0 Å². The monoisotopic (exact) mass is 234 g/mol. The molecule has 0 atom stereocenters. The van der Waals surface area contributed by atoms with Crippen LogP contribution in [-0.4, -0.2) is 66.2 Å². The van der Waals surface area contributed by atoms with Gasteiger partial charge < -0.3 is 19.4 Å². The molecule has 0 unspecified atom stereocenters. The Morgan fingerprint density at radius 1 is 1.19 bits per heavy atom. The van der Waals surface area contributed by atoms with Gasteiger partial charge in [0.1, 0.15) is 18.7 Å². The molecular weight excluding hydrogens is 210 g/mol. The normalized spacial score (nSPS) is 12.6. The Hall–Kier alpha value is -0.650. The number of quaternary nitrogens is 1. The van der Waals surface area contributed by atoms with E-state index in [9.17, 15) is 4.79 Å². The topological polar surface area (TPSA) is 66.8 Å². The standard InChI is InChI=1S/C11H24NO4/c1-11(2,3)16-10(15)9-12(4,5-7-13)6-8-14/h13-14H,5-9H2,1-4H3/q+1. The predicted molar refractivity (Wildman–Crippen MR) is 60.8 cm³/mol. The van der Waals surface area contributed by atoms with Crippen LogP contribution in [0.4, 0.5) is 0 Å². The number of ether oxygens (including phenoxy) is 1. The number of hydrogen-bond acceptors (Lipinski definition) is 4. The summed E-state index contributed by atoms with van der Waals surface area (Å²) < 4.78 is 5.50. The van der Waals surface area contributed by atoms with Crippen LogP contribution in [0.25, 0.3) is 0 Å². The van der Waals surface area contributed by atoms with Crippen molar-refractivity contribution in [3.63, 3.8) is 0 Å². The first-order valence-electron chi connectivity index (χ1n) is 5.49. The summed E-state index contributed by atoms with van der Waals surface area (Å²) in [7, 11) is 1.82. The number of likely N-dealkylation sites (N-methyl/N-ethyl adjacent to an activating group) is 1. The molecule has 0 saturated carbocycles. The largest absolute Gasteiger partial charge is 0.456 e. The van der Waals surface area contributed by atoms with Gasteiger partial charge in [-0.2, -0.15) is 0 Å². The minimum absolute atomic E-state index is 0.0146. The predicted octanol–water partition coefficient (Wildman–Crippen LogP) is -0.241. The van der Waals surface area contributed by atoms with Gasteiger partial charge in [-0.1, -0.05) is 0 Å². The minimum atomic E-state index is -0.500. The smallest absolute Gasteiger partial charge is 0.362 e. The Labute approximate surface area is 97.2 Å². The summed E-state index contributed by atoms with van der Waals surface area (Å²) in [4.78, 5) is 11.6. The molecule has 5 nitrogen and oxygen atoms in total. The Balaban J connectivity index is 4.34. The van der Waals surface area contributed by atoms with E-state index >= 15 is 0 Å². The van der Waals surface area contributed by atoms with Gasteiger partial charge in [0.25, 0.3) is 0 Å². The van der Waals surface area contributed by atoms with Crippen LogP contribution in [0.2, 0.25) is 0 Å². The number of carbonyl (C=O) groups excluding carboxylic acids is 1. The van der Waals surface area contributed by atoms with Gasteiger partial charge in [-0.15, -0.1) is 0 Å². The van der Waals surface area contributed by atoms with Crippen molar-refractivity contribution in [2.45, 2.75) is 26.4 Å². The highest BCUT2D eigenvalue weighted by Gasteiger charge is 2.27. The summed E-state index contributed by atoms with van der Waals surface area (Å²) in [6, 6.07) is 0. The van der Waals surface area contributed by atoms with Crippen molar-refractivity contribution in [3.05, 3.63) is 0 Å². The number of aliphatic hydroxyl groups is 2. The molecule has 0 aliphatic rings. The van der Waals surface area contributed by atoms with E-state index in [2.05, 4.69) is 0 Å². The molecule has 16 heavy (non-hydrogen) atoms. The third-order valence-corrected chi connectivity index (χ3v) is 2.21. The fourth-order valence-corrected chi connectivity index (χ4v) is 1.44. The van der Waals surface area contributed by atoms with Crippen molar-refractivity contribution in [1.82, 2.24) is 0 Å². The van der Waals surface area contributed by atoms with Crippen molar-refractivity contribution < 1.29 is 24.2 Å². The number of carbonyl (C=O) groups is 1. The van der Waals surface area contributed by atoms with Crippen LogP contribution in [-0.2, 0) is 9.53 Å². The lowest BCUT2D eigenvalue weighted by molar-refractivity contribution is -0.903. The van der Waals surface area contributed by atoms with Crippen LogP contribution in [0.1, 0.15) is 20.8 Å². The molecule has 0 aliphatic heterocycles. The Bertz CT molecular complexity index is 217. The SMILES string of the molecule is CC(C)(C)OC(=O)C[N+](C)(CCO)CCO. The molecule has 0 rings (SSSR count). The van der Waals surface area contributed by atoms with Crippen LogP contribution in [0, 0.1) is 0 Å². The summed E-state index contributed by atoms with van der Waals surface area (Å²) in [5, 5.41) is 17.8. The molecule has 96 valence electrons. The molecule has 0 aromatic carbocycles. The van der Waals surface area contributed by atoms with Gasteiger partial charge in [0.15, 0.2) is 6.54 Å². The number of hydrogen-bond donors (Lipinski definition) is 2. The van der Waals surface area contributed by atoms with E-state index in [1.54, 1.807) is 0 Å². The number of nitrogens with zero attached hydrogens (tertiary/aromatic N) is 1. The van der Waals surface area contributed by atoms with E-state index < -0.39 is 5.60 Å². The number of aliphatic hydroxyl groups excluding tert-OH is 2. The van der Waals surface area contributed by atoms with E-state index in [-0.39, 0.29) is 25.7 Å². The summed E-state index contributed by atoms with van der Waals surface area (Å²) in [5.41, 5.74) is -0.500. The number of esters is 1. The Kier molecular flexibility index (Phi) is 5.92. The van der Waals surface area contributed by atoms with Gasteiger partial charge in [0.05, 0.1) is 20.3 Å². The van der Waals surface area contributed by atoms with E-state index in [0.29, 0.717) is 17.6 Å². The van der Waals surface area contributed by atoms with E-state index in [4.69, 9.17) is 14.9 Å². The summed E-state index contributed by atoms with van der Waals surface area (Å²) in [5.74, 6) is -0.308. The Morgan fingerprint density at radius 3 is 1.94 bits per heavy atom. The van der Waals surface area contributed by atoms with Gasteiger partial charge >= 0.3 is 5.97 Å². The minimum Gasteiger partial charge on any atom is -0.456 e. The number of rotatable bonds is 6. The van der Waals surface area contributed by atoms with Crippen molar-refractivity contribution in [2.24, 2.45) is 0 Å². The quantitative estimate of drug-likeness (QED) is 0.492. The molecule has 0 saturated heterocycles. The highest BCUT2D eigenvalue weighted by Crippen LogP contribution is 2.09. The van der Waals surface area contributed by atoms with Gasteiger partial charge in [-0.05, 0) is 20.8 Å². The van der Waals surface area contributed by atoms with Crippen molar-refractivity contribution in [3.8, 4) is 0 Å². The third kappa shape index (κ3) is 6.76. The van der Waals surface area contributed by atoms with Crippen molar-refractivity contribution >= 4 is 5.97 Å². The molecule has 0 aromatic rings. The first-order chi connectivity index (χ1) is 7.22. The van der Waals surface area contributed by atoms with Crippen LogP contribution in [0.3, 0.4) is 0 Å². The zero-order valence-electron chi connectivity index (χ0n) is 10.7. The van der Waals surface area contributed by atoms with Gasteiger partial charge in [0, 0.05) is 0 Å². The molecule has 0 fully saturated rings. The second-order valence-corrected chi connectivity index (χ2v) is 5.26. The molecule has 0 aliphatic carbocycles. The zero-order chi connectivity index (χ0) is 12.8. The lowest BCUT2D eigenvalue weighted by atomic mass is 10.2. The lowest BCUT2D eigenvalue weighted by Gasteiger charge is -2.33. The zero-order valence-corrected chi connectivity index (χ0v) is 10.7. The van der Waals surface area contributed by atoms with Crippen LogP contribution in [0.5, 0.6) is 0 Å². The molecule has 0 bridgehead atoms. The van der Waals surface area contributed by atoms with Gasteiger partial charge in [-0.25, -0.2) is 4.79 Å². The average molecular weight is 234 g/mol. The molecule has 0 aromatic heterocycles. The molecule has 2 N–H and O–H groups in total. The highest BCUT2D eigenvalue weighted by molar-refractivity contribution is 5.71. The first kappa shape index (κ1) is 15.3. The lowest BCUT2D eigenvalue weighted by Crippen LogP contribution is -2.52. The van der Waals surface area contributed by atoms with Crippen molar-refractivity contribution in [1.29, 1.82) is 0 Å². The summed E-state index contributed by atoms with van der Waals surface area (Å²) >= 11 is 0. The summed E-state index contributed by atoms with van der Waals surface area (Å²) in [6.07, 6.45) is 0. The molecule has 0 radical (unpaired) electrons. The second-order valence-electron chi connectivity index (χ2n) is 5.26. The van der Waals surface area contributed by atoms with Crippen molar-refractivity contribution in [2.75, 3.05) is 39.9 Å². The van der Waals surface area contributed by atoms with Crippen LogP contribution in [0.15, 0.2) is 0 Å². The van der Waals surface area contributed by atoms with Gasteiger partial charge in [0.2, 0.25) is 0 Å². The van der Waals surface area contributed by atoms with E-state index in [1.165, 1.54) is 0 Å². The fraction of sp³-hybridized carbons (Fsp3) is 0.909. The van der Waals surface area contributed by atoms with Crippen LogP contribution < -0.4 is 0 Å². The van der Waals surface area contributed by atoms with E-state index in [1.807, 2.05) is 27.8 Å². The maximum atomic E-state index is 11.6. The van der Waals surface area contributed by atoms with E-state index in [0.717, 1.165) is 0 Å². The fourth-order valence-electron chi connectivity index (χ4n) is 1.44. The van der Waals surface area contributed by atoms with Gasteiger partial charge in [-0.3, -0.25) is 0 Å². The highest BCUT2D eigenvalue weighted by atomic mass is 16.6. The third-order valence-electron chi connectivity index (χ3n) is 2.21. The first-order valence-corrected chi connectivity index (χ1v) is 5.49. The molecule has 0 heterocycles. The second kappa shape index (κ2) is 6.18. The molecule has 0 spiro atoms.